The zero-order valence-corrected chi connectivity index (χ0v) is 14.7. The van der Waals surface area contributed by atoms with Gasteiger partial charge < -0.3 is 9.15 Å². The predicted octanol–water partition coefficient (Wildman–Crippen LogP) is 3.86. The molecule has 0 amide bonds. The van der Waals surface area contributed by atoms with Crippen molar-refractivity contribution < 1.29 is 13.9 Å². The van der Waals surface area contributed by atoms with E-state index in [0.717, 1.165) is 11.5 Å². The maximum atomic E-state index is 12.2. The summed E-state index contributed by atoms with van der Waals surface area (Å²) < 4.78 is 10.6. The van der Waals surface area contributed by atoms with Crippen molar-refractivity contribution in [2.75, 3.05) is 12.9 Å². The number of carbonyl (C=O) groups is 1. The van der Waals surface area contributed by atoms with Crippen LogP contribution in [0.15, 0.2) is 46.0 Å². The molecule has 0 saturated heterocycles. The fourth-order valence-corrected chi connectivity index (χ4v) is 2.81. The van der Waals surface area contributed by atoms with E-state index in [0.29, 0.717) is 22.3 Å². The number of aryl methyl sites for hydroxylation is 1. The monoisotopic (exact) mass is 355 g/mol. The van der Waals surface area contributed by atoms with Crippen LogP contribution in [0.3, 0.4) is 0 Å². The Labute approximate surface area is 149 Å². The molecule has 0 aliphatic rings. The molecule has 0 unspecified atom stereocenters. The quantitative estimate of drug-likeness (QED) is 0.512. The van der Waals surface area contributed by atoms with Gasteiger partial charge in [0.2, 0.25) is 5.16 Å². The van der Waals surface area contributed by atoms with Gasteiger partial charge in [-0.1, -0.05) is 23.9 Å². The van der Waals surface area contributed by atoms with E-state index in [1.807, 2.05) is 25.1 Å². The number of methoxy groups -OCH3 is 1. The average Bonchev–Trinajstić information content (AvgIpc) is 3.26. The molecule has 25 heavy (non-hydrogen) atoms. The molecule has 0 bridgehead atoms. The van der Waals surface area contributed by atoms with E-state index in [2.05, 4.69) is 15.2 Å². The SMILES string of the molecule is COc1cccc(C(=O)CSc2n[nH]c(C=Cc3ccc(C)o3)n2)c1. The number of nitrogens with one attached hydrogen (secondary N) is 1. The summed E-state index contributed by atoms with van der Waals surface area (Å²) in [4.78, 5) is 16.6. The Morgan fingerprint density at radius 1 is 1.32 bits per heavy atom. The molecule has 0 saturated carbocycles. The van der Waals surface area contributed by atoms with Crippen LogP contribution in [0, 0.1) is 6.92 Å². The Kier molecular flexibility index (Phi) is 5.35. The summed E-state index contributed by atoms with van der Waals surface area (Å²) >= 11 is 1.28. The van der Waals surface area contributed by atoms with Crippen LogP contribution in [-0.2, 0) is 0 Å². The number of hydrogen-bond donors (Lipinski definition) is 1. The van der Waals surface area contributed by atoms with Crippen LogP contribution in [0.5, 0.6) is 5.75 Å². The Morgan fingerprint density at radius 2 is 2.20 bits per heavy atom. The number of aromatic amines is 1. The number of benzene rings is 1. The smallest absolute Gasteiger partial charge is 0.209 e. The van der Waals surface area contributed by atoms with Crippen molar-refractivity contribution in [1.29, 1.82) is 0 Å². The Hall–Kier alpha value is -2.80. The second-order valence-corrected chi connectivity index (χ2v) is 6.17. The van der Waals surface area contributed by atoms with E-state index in [1.54, 1.807) is 37.5 Å². The van der Waals surface area contributed by atoms with Crippen LogP contribution < -0.4 is 4.74 Å². The number of carbonyl (C=O) groups excluding carboxylic acids is 1. The third-order valence-corrected chi connectivity index (χ3v) is 4.22. The lowest BCUT2D eigenvalue weighted by atomic mass is 10.1. The molecule has 0 aliphatic carbocycles. The minimum Gasteiger partial charge on any atom is -0.497 e. The first-order valence-electron chi connectivity index (χ1n) is 7.61. The van der Waals surface area contributed by atoms with Gasteiger partial charge in [0.05, 0.1) is 12.9 Å². The molecule has 3 aromatic rings. The lowest BCUT2D eigenvalue weighted by Crippen LogP contribution is -2.02. The van der Waals surface area contributed by atoms with Gasteiger partial charge in [-0.25, -0.2) is 4.98 Å². The molecule has 0 aliphatic heterocycles. The highest BCUT2D eigenvalue weighted by atomic mass is 32.2. The minimum absolute atomic E-state index is 0.00291. The minimum atomic E-state index is -0.00291. The zero-order valence-electron chi connectivity index (χ0n) is 13.9. The summed E-state index contributed by atoms with van der Waals surface area (Å²) in [6.07, 6.45) is 3.59. The van der Waals surface area contributed by atoms with E-state index in [9.17, 15) is 4.79 Å². The van der Waals surface area contributed by atoms with Crippen LogP contribution in [-0.4, -0.2) is 33.8 Å². The summed E-state index contributed by atoms with van der Waals surface area (Å²) in [5.41, 5.74) is 0.607. The number of hydrogen-bond acceptors (Lipinski definition) is 6. The highest BCUT2D eigenvalue weighted by Gasteiger charge is 2.10. The first kappa shape index (κ1) is 17.0. The maximum absolute atomic E-state index is 12.2. The molecular formula is C18H17N3O3S. The van der Waals surface area contributed by atoms with Gasteiger partial charge in [0.15, 0.2) is 5.78 Å². The van der Waals surface area contributed by atoms with Crippen molar-refractivity contribution in [1.82, 2.24) is 15.2 Å². The van der Waals surface area contributed by atoms with Crippen molar-refractivity contribution in [2.24, 2.45) is 0 Å². The fourth-order valence-electron chi connectivity index (χ4n) is 2.11. The molecule has 0 fully saturated rings. The number of nitrogens with zero attached hydrogens (tertiary/aromatic N) is 2. The van der Waals surface area contributed by atoms with Crippen LogP contribution in [0.4, 0.5) is 0 Å². The molecular weight excluding hydrogens is 338 g/mol. The molecule has 3 rings (SSSR count). The predicted molar refractivity (Wildman–Crippen MR) is 96.8 cm³/mol. The van der Waals surface area contributed by atoms with Crippen molar-refractivity contribution in [3.8, 4) is 5.75 Å². The first-order valence-corrected chi connectivity index (χ1v) is 8.59. The van der Waals surface area contributed by atoms with E-state index in [4.69, 9.17) is 9.15 Å². The van der Waals surface area contributed by atoms with E-state index in [1.165, 1.54) is 11.8 Å². The lowest BCUT2D eigenvalue weighted by Gasteiger charge is -2.02. The van der Waals surface area contributed by atoms with Crippen LogP contribution in [0.25, 0.3) is 12.2 Å². The molecule has 0 atom stereocenters. The number of Topliss-reactive ketones (excluding diaryl/α,β-unsaturated/α-hetero) is 1. The number of ketones is 1. The number of H-pyrrole nitrogens is 1. The van der Waals surface area contributed by atoms with E-state index >= 15 is 0 Å². The molecule has 128 valence electrons. The third-order valence-electron chi connectivity index (χ3n) is 3.37. The molecule has 0 spiro atoms. The normalized spacial score (nSPS) is 11.1. The number of furan rings is 1. The summed E-state index contributed by atoms with van der Waals surface area (Å²) in [5, 5.41) is 7.44. The van der Waals surface area contributed by atoms with Gasteiger partial charge in [0, 0.05) is 5.56 Å². The summed E-state index contributed by atoms with van der Waals surface area (Å²) in [6, 6.07) is 10.9. The Balaban J connectivity index is 1.57. The third kappa shape index (κ3) is 4.60. The van der Waals surface area contributed by atoms with Crippen LogP contribution >= 0.6 is 11.8 Å². The van der Waals surface area contributed by atoms with Crippen LogP contribution in [0.1, 0.15) is 27.7 Å². The van der Waals surface area contributed by atoms with Gasteiger partial charge in [0.25, 0.3) is 0 Å². The van der Waals surface area contributed by atoms with Crippen LogP contribution in [0.2, 0.25) is 0 Å². The van der Waals surface area contributed by atoms with Gasteiger partial charge >= 0.3 is 0 Å². The summed E-state index contributed by atoms with van der Waals surface area (Å²) in [6.45, 7) is 1.89. The second-order valence-electron chi connectivity index (χ2n) is 5.23. The lowest BCUT2D eigenvalue weighted by molar-refractivity contribution is 0.102. The highest BCUT2D eigenvalue weighted by Crippen LogP contribution is 2.18. The molecule has 6 nitrogen and oxygen atoms in total. The molecule has 2 aromatic heterocycles. The Bertz CT molecular complexity index is 898. The van der Waals surface area contributed by atoms with Gasteiger partial charge in [-0.2, -0.15) is 0 Å². The molecule has 1 N–H and O–H groups in total. The molecule has 0 radical (unpaired) electrons. The summed E-state index contributed by atoms with van der Waals surface area (Å²) in [7, 11) is 1.57. The van der Waals surface area contributed by atoms with Crippen molar-refractivity contribution in [2.45, 2.75) is 12.1 Å². The summed E-state index contributed by atoms with van der Waals surface area (Å²) in [5.74, 6) is 3.11. The van der Waals surface area contributed by atoms with Crippen molar-refractivity contribution in [3.05, 3.63) is 59.3 Å². The Morgan fingerprint density at radius 3 is 2.96 bits per heavy atom. The van der Waals surface area contributed by atoms with E-state index in [-0.39, 0.29) is 11.5 Å². The van der Waals surface area contributed by atoms with Gasteiger partial charge in [-0.15, -0.1) is 5.10 Å². The highest BCUT2D eigenvalue weighted by molar-refractivity contribution is 7.99. The van der Waals surface area contributed by atoms with Crippen molar-refractivity contribution in [3.63, 3.8) is 0 Å². The van der Waals surface area contributed by atoms with Gasteiger partial charge in [0.1, 0.15) is 23.1 Å². The second kappa shape index (κ2) is 7.85. The molecule has 2 heterocycles. The topological polar surface area (TPSA) is 81.0 Å². The van der Waals surface area contributed by atoms with E-state index < -0.39 is 0 Å². The fraction of sp³-hybridized carbons (Fsp3) is 0.167. The number of aromatic nitrogens is 3. The zero-order chi connectivity index (χ0) is 17.6. The number of ether oxygens (including phenoxy) is 1. The number of thioether (sulfide) groups is 1. The largest absolute Gasteiger partial charge is 0.497 e. The molecule has 7 heteroatoms. The number of rotatable bonds is 7. The van der Waals surface area contributed by atoms with Crippen molar-refractivity contribution >= 4 is 29.7 Å². The maximum Gasteiger partial charge on any atom is 0.209 e. The molecule has 1 aromatic carbocycles. The first-order chi connectivity index (χ1) is 12.1. The van der Waals surface area contributed by atoms with Gasteiger partial charge in [-0.05, 0) is 43.3 Å². The van der Waals surface area contributed by atoms with Gasteiger partial charge in [-0.3, -0.25) is 9.89 Å². The standard InChI is InChI=1S/C18H17N3O3S/c1-12-6-7-14(24-12)8-9-17-19-18(21-20-17)25-11-16(22)13-4-3-5-15(10-13)23-2/h3-10H,11H2,1-2H3,(H,19,20,21). The average molecular weight is 355 g/mol.